The van der Waals surface area contributed by atoms with Crippen molar-refractivity contribution in [3.8, 4) is 22.9 Å². The van der Waals surface area contributed by atoms with Crippen molar-refractivity contribution >= 4 is 21.8 Å². The molecule has 0 saturated carbocycles. The first-order valence-corrected chi connectivity index (χ1v) is 8.64. The van der Waals surface area contributed by atoms with E-state index in [4.69, 9.17) is 4.74 Å². The van der Waals surface area contributed by atoms with Gasteiger partial charge in [0, 0.05) is 23.7 Å². The van der Waals surface area contributed by atoms with Gasteiger partial charge in [0.05, 0.1) is 18.2 Å². The van der Waals surface area contributed by atoms with Gasteiger partial charge in [-0.3, -0.25) is 4.98 Å². The molecule has 1 aromatic heterocycles. The first kappa shape index (κ1) is 16.9. The number of methoxy groups -OCH3 is 1. The van der Waals surface area contributed by atoms with Gasteiger partial charge in [0.15, 0.2) is 0 Å². The van der Waals surface area contributed by atoms with E-state index < -0.39 is 10.9 Å². The van der Waals surface area contributed by atoms with Crippen LogP contribution in [0, 0.1) is 11.3 Å². The lowest BCUT2D eigenvalue weighted by Gasteiger charge is -2.11. The largest absolute Gasteiger partial charge is 0.497 e. The van der Waals surface area contributed by atoms with Crippen molar-refractivity contribution < 1.29 is 13.2 Å². The van der Waals surface area contributed by atoms with Crippen LogP contribution in [0.5, 0.6) is 5.75 Å². The maximum Gasteiger partial charge on any atom is 0.201 e. The monoisotopic (exact) mass is 353 g/mol. The number of thiol groups is 1. The second-order valence-electron chi connectivity index (χ2n) is 5.33. The Morgan fingerprint density at radius 2 is 1.96 bits per heavy atom. The lowest BCUT2D eigenvalue weighted by atomic mass is 9.96. The van der Waals surface area contributed by atoms with E-state index in [0.717, 1.165) is 27.6 Å². The molecule has 0 fully saturated rings. The van der Waals surface area contributed by atoms with Gasteiger partial charge in [0.2, 0.25) is 10.9 Å². The first-order chi connectivity index (χ1) is 12.1. The van der Waals surface area contributed by atoms with E-state index in [1.165, 1.54) is 0 Å². The third-order valence-electron chi connectivity index (χ3n) is 3.85. The number of nitrogens with zero attached hydrogens (tertiary/aromatic N) is 2. The van der Waals surface area contributed by atoms with E-state index in [-0.39, 0.29) is 6.54 Å². The normalized spacial score (nSPS) is 10.8. The summed E-state index contributed by atoms with van der Waals surface area (Å²) in [6, 6.07) is 15.1. The number of fused-ring (bicyclic) bond motifs is 1. The molecule has 0 spiro atoms. The molecular formula is C18H15N3O3S. The predicted molar refractivity (Wildman–Crippen MR) is 95.6 cm³/mol. The highest BCUT2D eigenvalue weighted by molar-refractivity contribution is 7.70. The molecule has 6 nitrogen and oxygen atoms in total. The van der Waals surface area contributed by atoms with Gasteiger partial charge >= 0.3 is 0 Å². The van der Waals surface area contributed by atoms with Crippen molar-refractivity contribution in [1.82, 2.24) is 9.71 Å². The van der Waals surface area contributed by atoms with Gasteiger partial charge in [0.25, 0.3) is 0 Å². The number of nitrogens with one attached hydrogen (secondary N) is 1. The summed E-state index contributed by atoms with van der Waals surface area (Å²) in [6.07, 6.45) is 1.56. The fourth-order valence-electron chi connectivity index (χ4n) is 2.64. The molecule has 0 saturated heterocycles. The van der Waals surface area contributed by atoms with Crippen LogP contribution in [-0.2, 0) is 17.4 Å². The van der Waals surface area contributed by atoms with Crippen molar-refractivity contribution in [2.75, 3.05) is 7.11 Å². The van der Waals surface area contributed by atoms with Crippen LogP contribution in [0.25, 0.3) is 22.0 Å². The standard InChI is InChI=1S/C18H15N3O3S/c1-24-15-6-7-17-16(8-15)18(14(9-19)11-20-17)13-4-2-12(3-5-13)10-21-25(22)23/h2-8,11,25H,10H2,1H3,(H,21,22,23). The molecule has 126 valence electrons. The molecule has 25 heavy (non-hydrogen) atoms. The molecule has 7 heteroatoms. The molecule has 0 unspecified atom stereocenters. The summed E-state index contributed by atoms with van der Waals surface area (Å²) in [5.74, 6) is 0.686. The van der Waals surface area contributed by atoms with Crippen LogP contribution in [0.15, 0.2) is 48.7 Å². The predicted octanol–water partition coefficient (Wildman–Crippen LogP) is 2.40. The van der Waals surface area contributed by atoms with Gasteiger partial charge in [-0.25, -0.2) is 13.1 Å². The van der Waals surface area contributed by atoms with Crippen LogP contribution in [0.2, 0.25) is 0 Å². The number of aromatic nitrogens is 1. The highest BCUT2D eigenvalue weighted by atomic mass is 32.2. The second-order valence-corrected chi connectivity index (χ2v) is 6.16. The molecule has 0 aliphatic heterocycles. The molecule has 1 N–H and O–H groups in total. The second kappa shape index (κ2) is 7.30. The summed E-state index contributed by atoms with van der Waals surface area (Å²) in [5.41, 5.74) is 3.70. The Balaban J connectivity index is 2.11. The number of ether oxygens (including phenoxy) is 1. The first-order valence-electron chi connectivity index (χ1n) is 7.46. The van der Waals surface area contributed by atoms with Crippen LogP contribution in [0.3, 0.4) is 0 Å². The molecule has 3 aromatic rings. The smallest absolute Gasteiger partial charge is 0.201 e. The van der Waals surface area contributed by atoms with Gasteiger partial charge in [-0.2, -0.15) is 5.26 Å². The fraction of sp³-hybridized carbons (Fsp3) is 0.111. The summed E-state index contributed by atoms with van der Waals surface area (Å²) >= 11 is 0. The molecule has 3 rings (SSSR count). The molecule has 1 heterocycles. The summed E-state index contributed by atoms with van der Waals surface area (Å²) in [6.45, 7) is 0.231. The highest BCUT2D eigenvalue weighted by Gasteiger charge is 2.12. The van der Waals surface area contributed by atoms with E-state index in [1.807, 2.05) is 42.5 Å². The SMILES string of the molecule is COc1ccc2ncc(C#N)c(-c3ccc(CN[SH](=O)=O)cc3)c2c1. The zero-order chi connectivity index (χ0) is 17.8. The Kier molecular flexibility index (Phi) is 4.93. The van der Waals surface area contributed by atoms with Gasteiger partial charge in [-0.15, -0.1) is 0 Å². The molecule has 0 amide bonds. The number of pyridine rings is 1. The Morgan fingerprint density at radius 3 is 2.60 bits per heavy atom. The fourth-order valence-corrected chi connectivity index (χ4v) is 2.95. The molecule has 0 aliphatic rings. The molecule has 0 aliphatic carbocycles. The molecular weight excluding hydrogens is 338 g/mol. The third kappa shape index (κ3) is 3.60. The number of hydrogen-bond donors (Lipinski definition) is 2. The van der Waals surface area contributed by atoms with Crippen LogP contribution in [-0.4, -0.2) is 20.5 Å². The van der Waals surface area contributed by atoms with E-state index in [2.05, 4.69) is 15.8 Å². The number of hydrogen-bond acceptors (Lipinski definition) is 5. The minimum absolute atomic E-state index is 0.231. The molecule has 0 radical (unpaired) electrons. The topological polar surface area (TPSA) is 92.1 Å². The maximum atomic E-state index is 10.6. The molecule has 0 atom stereocenters. The lowest BCUT2D eigenvalue weighted by molar-refractivity contribution is 0.415. The van der Waals surface area contributed by atoms with Crippen LogP contribution >= 0.6 is 0 Å². The van der Waals surface area contributed by atoms with Crippen molar-refractivity contribution in [3.05, 3.63) is 59.8 Å². The number of nitriles is 1. The average molecular weight is 353 g/mol. The Morgan fingerprint density at radius 1 is 1.20 bits per heavy atom. The Labute approximate surface area is 146 Å². The van der Waals surface area contributed by atoms with Crippen LogP contribution < -0.4 is 9.46 Å². The van der Waals surface area contributed by atoms with Crippen molar-refractivity contribution in [1.29, 1.82) is 5.26 Å². The third-order valence-corrected chi connectivity index (χ3v) is 4.27. The van der Waals surface area contributed by atoms with Crippen molar-refractivity contribution in [2.45, 2.75) is 6.54 Å². The van der Waals surface area contributed by atoms with Gasteiger partial charge in [-0.05, 0) is 29.3 Å². The van der Waals surface area contributed by atoms with E-state index in [1.54, 1.807) is 13.3 Å². The zero-order valence-electron chi connectivity index (χ0n) is 13.4. The van der Waals surface area contributed by atoms with Crippen LogP contribution in [0.4, 0.5) is 0 Å². The quantitative estimate of drug-likeness (QED) is 0.687. The van der Waals surface area contributed by atoms with E-state index >= 15 is 0 Å². The minimum Gasteiger partial charge on any atom is -0.497 e. The Bertz CT molecular complexity index is 1030. The zero-order valence-corrected chi connectivity index (χ0v) is 14.3. The van der Waals surface area contributed by atoms with Gasteiger partial charge < -0.3 is 4.74 Å². The van der Waals surface area contributed by atoms with Gasteiger partial charge in [0.1, 0.15) is 11.8 Å². The van der Waals surface area contributed by atoms with Gasteiger partial charge in [-0.1, -0.05) is 24.3 Å². The molecule has 2 aromatic carbocycles. The maximum absolute atomic E-state index is 10.6. The summed E-state index contributed by atoms with van der Waals surface area (Å²) in [7, 11) is -1.04. The summed E-state index contributed by atoms with van der Waals surface area (Å²) in [4.78, 5) is 4.32. The number of benzene rings is 2. The van der Waals surface area contributed by atoms with Crippen LogP contribution in [0.1, 0.15) is 11.1 Å². The van der Waals surface area contributed by atoms with E-state index in [9.17, 15) is 13.7 Å². The summed E-state index contributed by atoms with van der Waals surface area (Å²) < 4.78 is 28.9. The Hall–Kier alpha value is -2.95. The van der Waals surface area contributed by atoms with Crippen molar-refractivity contribution in [3.63, 3.8) is 0 Å². The van der Waals surface area contributed by atoms with Crippen molar-refractivity contribution in [2.24, 2.45) is 0 Å². The lowest BCUT2D eigenvalue weighted by Crippen LogP contribution is -2.09. The highest BCUT2D eigenvalue weighted by Crippen LogP contribution is 2.33. The number of rotatable bonds is 5. The average Bonchev–Trinajstić information content (AvgIpc) is 2.65. The summed E-state index contributed by atoms with van der Waals surface area (Å²) in [5, 5.41) is 10.3. The van der Waals surface area contributed by atoms with E-state index in [0.29, 0.717) is 11.3 Å². The molecule has 0 bridgehead atoms. The minimum atomic E-state index is -2.63.